The smallest absolute Gasteiger partial charge is 0.342 e. The number of furan rings is 1. The lowest BCUT2D eigenvalue weighted by Crippen LogP contribution is -2.07. The van der Waals surface area contributed by atoms with E-state index in [1.54, 1.807) is 33.1 Å². The lowest BCUT2D eigenvalue weighted by Gasteiger charge is -2.02. The lowest BCUT2D eigenvalue weighted by atomic mass is 10.1. The van der Waals surface area contributed by atoms with E-state index in [1.165, 1.54) is 0 Å². The van der Waals surface area contributed by atoms with E-state index in [0.29, 0.717) is 23.0 Å². The van der Waals surface area contributed by atoms with E-state index >= 15 is 0 Å². The molecule has 0 unspecified atom stereocenters. The van der Waals surface area contributed by atoms with Gasteiger partial charge < -0.3 is 18.3 Å². The van der Waals surface area contributed by atoms with Crippen LogP contribution in [0, 0.1) is 20.8 Å². The molecule has 3 rings (SSSR count). The molecule has 130 valence electrons. The molecular formula is C18H18N2O5. The van der Waals surface area contributed by atoms with Gasteiger partial charge in [0.15, 0.2) is 6.61 Å². The zero-order valence-electron chi connectivity index (χ0n) is 14.5. The van der Waals surface area contributed by atoms with Crippen molar-refractivity contribution in [3.8, 4) is 17.2 Å². The largest absolute Gasteiger partial charge is 0.497 e. The van der Waals surface area contributed by atoms with Gasteiger partial charge in [0.05, 0.1) is 7.11 Å². The van der Waals surface area contributed by atoms with Crippen molar-refractivity contribution >= 4 is 5.97 Å². The molecular weight excluding hydrogens is 324 g/mol. The molecule has 2 heterocycles. The molecule has 1 aromatic carbocycles. The van der Waals surface area contributed by atoms with E-state index in [4.69, 9.17) is 18.3 Å². The van der Waals surface area contributed by atoms with Crippen molar-refractivity contribution in [2.75, 3.05) is 7.11 Å². The van der Waals surface area contributed by atoms with Gasteiger partial charge in [-0.1, -0.05) is 0 Å². The van der Waals surface area contributed by atoms with Crippen LogP contribution in [-0.2, 0) is 11.3 Å². The summed E-state index contributed by atoms with van der Waals surface area (Å²) in [7, 11) is 1.60. The minimum atomic E-state index is -0.476. The van der Waals surface area contributed by atoms with E-state index in [2.05, 4.69) is 10.2 Å². The summed E-state index contributed by atoms with van der Waals surface area (Å²) in [4.78, 5) is 12.2. The summed E-state index contributed by atoms with van der Waals surface area (Å²) in [6, 6.07) is 7.21. The molecule has 3 aromatic rings. The van der Waals surface area contributed by atoms with E-state index in [1.807, 2.05) is 19.1 Å². The maximum absolute atomic E-state index is 12.2. The molecule has 0 N–H and O–H groups in total. The number of benzene rings is 1. The Labute approximate surface area is 144 Å². The van der Waals surface area contributed by atoms with Crippen LogP contribution >= 0.6 is 0 Å². The summed E-state index contributed by atoms with van der Waals surface area (Å²) in [6.07, 6.45) is 0. The number of rotatable bonds is 5. The Balaban J connectivity index is 1.68. The molecule has 25 heavy (non-hydrogen) atoms. The number of aromatic nitrogens is 2. The molecule has 0 aliphatic carbocycles. The fraction of sp³-hybridized carbons (Fsp3) is 0.278. The summed E-state index contributed by atoms with van der Waals surface area (Å²) in [6.45, 7) is 5.24. The van der Waals surface area contributed by atoms with Crippen molar-refractivity contribution < 1.29 is 23.1 Å². The molecule has 0 aliphatic rings. The highest BCUT2D eigenvalue weighted by Crippen LogP contribution is 2.23. The Morgan fingerprint density at radius 1 is 1.04 bits per heavy atom. The molecule has 7 heteroatoms. The Hall–Kier alpha value is -3.09. The Morgan fingerprint density at radius 2 is 1.76 bits per heavy atom. The summed E-state index contributed by atoms with van der Waals surface area (Å²) < 4.78 is 21.3. The number of methoxy groups -OCH3 is 1. The van der Waals surface area contributed by atoms with Gasteiger partial charge in [-0.3, -0.25) is 0 Å². The molecule has 0 amide bonds. The number of carbonyl (C=O) groups excluding carboxylic acids is 1. The maximum atomic E-state index is 12.2. The van der Waals surface area contributed by atoms with E-state index in [9.17, 15) is 4.79 Å². The van der Waals surface area contributed by atoms with Crippen LogP contribution in [0.5, 0.6) is 5.75 Å². The molecule has 0 aliphatic heterocycles. The number of hydrogen-bond donors (Lipinski definition) is 0. The number of ether oxygens (including phenoxy) is 2. The minimum absolute atomic E-state index is 0.106. The average molecular weight is 342 g/mol. The summed E-state index contributed by atoms with van der Waals surface area (Å²) in [5, 5.41) is 7.87. The number of hydrogen-bond acceptors (Lipinski definition) is 7. The fourth-order valence-corrected chi connectivity index (χ4v) is 2.46. The van der Waals surface area contributed by atoms with Gasteiger partial charge in [0, 0.05) is 11.1 Å². The van der Waals surface area contributed by atoms with Crippen LogP contribution in [0.15, 0.2) is 33.1 Å². The molecule has 0 saturated heterocycles. The van der Waals surface area contributed by atoms with Crippen molar-refractivity contribution in [1.82, 2.24) is 10.2 Å². The van der Waals surface area contributed by atoms with Gasteiger partial charge in [0.1, 0.15) is 22.8 Å². The van der Waals surface area contributed by atoms with Crippen LogP contribution in [-0.4, -0.2) is 23.3 Å². The second kappa shape index (κ2) is 6.80. The SMILES string of the molecule is COc1ccc(-c2nnc(COC(=O)c3c(C)oc(C)c3C)o2)cc1. The quantitative estimate of drug-likeness (QED) is 0.654. The Bertz CT molecular complexity index is 893. The first kappa shape index (κ1) is 16.8. The highest BCUT2D eigenvalue weighted by Gasteiger charge is 2.21. The molecule has 7 nitrogen and oxygen atoms in total. The first-order chi connectivity index (χ1) is 12.0. The van der Waals surface area contributed by atoms with Crippen molar-refractivity contribution in [2.24, 2.45) is 0 Å². The predicted molar refractivity (Wildman–Crippen MR) is 88.3 cm³/mol. The summed E-state index contributed by atoms with van der Waals surface area (Å²) in [5.41, 5.74) is 1.96. The zero-order valence-corrected chi connectivity index (χ0v) is 14.5. The standard InChI is InChI=1S/C18H18N2O5/c1-10-11(2)24-12(3)16(10)18(21)23-9-15-19-20-17(25-15)13-5-7-14(22-4)8-6-13/h5-8H,9H2,1-4H3. The minimum Gasteiger partial charge on any atom is -0.497 e. The van der Waals surface area contributed by atoms with Crippen LogP contribution in [0.25, 0.3) is 11.5 Å². The van der Waals surface area contributed by atoms with Crippen LogP contribution in [0.4, 0.5) is 0 Å². The second-order valence-corrected chi connectivity index (χ2v) is 5.52. The van der Waals surface area contributed by atoms with Gasteiger partial charge in [-0.05, 0) is 45.0 Å². The maximum Gasteiger partial charge on any atom is 0.342 e. The van der Waals surface area contributed by atoms with Crippen molar-refractivity contribution in [2.45, 2.75) is 27.4 Å². The molecule has 0 atom stereocenters. The summed E-state index contributed by atoms with van der Waals surface area (Å²) in [5.74, 6) is 2.05. The molecule has 0 saturated carbocycles. The molecule has 0 fully saturated rings. The van der Waals surface area contributed by atoms with Crippen LogP contribution < -0.4 is 4.74 Å². The monoisotopic (exact) mass is 342 g/mol. The number of carbonyl (C=O) groups is 1. The highest BCUT2D eigenvalue weighted by atomic mass is 16.5. The van der Waals surface area contributed by atoms with Gasteiger partial charge in [-0.15, -0.1) is 10.2 Å². The van der Waals surface area contributed by atoms with Gasteiger partial charge in [0.2, 0.25) is 5.89 Å². The van der Waals surface area contributed by atoms with E-state index < -0.39 is 5.97 Å². The number of nitrogens with zero attached hydrogens (tertiary/aromatic N) is 2. The summed E-state index contributed by atoms with van der Waals surface area (Å²) >= 11 is 0. The third-order valence-electron chi connectivity index (χ3n) is 3.90. The van der Waals surface area contributed by atoms with Crippen molar-refractivity contribution in [3.05, 3.63) is 52.8 Å². The molecule has 0 bridgehead atoms. The normalized spacial score (nSPS) is 10.7. The molecule has 2 aromatic heterocycles. The van der Waals surface area contributed by atoms with E-state index in [-0.39, 0.29) is 12.5 Å². The van der Waals surface area contributed by atoms with Gasteiger partial charge in [-0.2, -0.15) is 0 Å². The second-order valence-electron chi connectivity index (χ2n) is 5.52. The topological polar surface area (TPSA) is 87.6 Å². The van der Waals surface area contributed by atoms with Crippen molar-refractivity contribution in [3.63, 3.8) is 0 Å². The number of aryl methyl sites for hydroxylation is 2. The van der Waals surface area contributed by atoms with Gasteiger partial charge in [0.25, 0.3) is 5.89 Å². The number of esters is 1. The van der Waals surface area contributed by atoms with Crippen molar-refractivity contribution in [1.29, 1.82) is 0 Å². The van der Waals surface area contributed by atoms with Gasteiger partial charge in [-0.25, -0.2) is 4.79 Å². The first-order valence-electron chi connectivity index (χ1n) is 7.70. The fourth-order valence-electron chi connectivity index (χ4n) is 2.46. The Morgan fingerprint density at radius 3 is 2.36 bits per heavy atom. The average Bonchev–Trinajstić information content (AvgIpc) is 3.18. The molecule has 0 spiro atoms. The third-order valence-corrected chi connectivity index (χ3v) is 3.90. The predicted octanol–water partition coefficient (Wildman–Crippen LogP) is 3.62. The Kier molecular flexibility index (Phi) is 4.56. The van der Waals surface area contributed by atoms with Crippen LogP contribution in [0.3, 0.4) is 0 Å². The first-order valence-corrected chi connectivity index (χ1v) is 7.70. The van der Waals surface area contributed by atoms with Crippen LogP contribution in [0.1, 0.15) is 33.3 Å². The van der Waals surface area contributed by atoms with Crippen LogP contribution in [0.2, 0.25) is 0 Å². The van der Waals surface area contributed by atoms with E-state index in [0.717, 1.165) is 16.9 Å². The zero-order chi connectivity index (χ0) is 18.0. The van der Waals surface area contributed by atoms with Gasteiger partial charge >= 0.3 is 5.97 Å². The lowest BCUT2D eigenvalue weighted by molar-refractivity contribution is 0.0436. The third kappa shape index (κ3) is 3.40. The molecule has 0 radical (unpaired) electrons. The highest BCUT2D eigenvalue weighted by molar-refractivity contribution is 5.92.